The predicted octanol–water partition coefficient (Wildman–Crippen LogP) is 3.44. The van der Waals surface area contributed by atoms with E-state index in [0.29, 0.717) is 25.2 Å². The van der Waals surface area contributed by atoms with Crippen molar-refractivity contribution in [2.75, 3.05) is 13.1 Å². The first-order chi connectivity index (χ1) is 14.3. The zero-order valence-corrected chi connectivity index (χ0v) is 17.0. The number of halogens is 2. The summed E-state index contributed by atoms with van der Waals surface area (Å²) >= 11 is 1.51. The summed E-state index contributed by atoms with van der Waals surface area (Å²) in [6, 6.07) is 0.270. The number of imidazole rings is 1. The summed E-state index contributed by atoms with van der Waals surface area (Å²) < 4.78 is 34.6. The molecule has 0 aromatic carbocycles. The summed E-state index contributed by atoms with van der Waals surface area (Å²) in [6.45, 7) is 4.58. The number of nitrogens with zero attached hydrogens (tertiary/aromatic N) is 5. The number of aromatic nitrogens is 3. The lowest BCUT2D eigenvalue weighted by Gasteiger charge is -2.32. The molecule has 158 valence electrons. The highest BCUT2D eigenvalue weighted by atomic mass is 32.1. The van der Waals surface area contributed by atoms with Crippen molar-refractivity contribution < 1.29 is 18.4 Å². The van der Waals surface area contributed by atoms with E-state index in [9.17, 15) is 18.9 Å². The van der Waals surface area contributed by atoms with Gasteiger partial charge in [-0.3, -0.25) is 9.47 Å². The highest BCUT2D eigenvalue weighted by Crippen LogP contribution is 2.36. The zero-order valence-electron chi connectivity index (χ0n) is 16.2. The molecule has 11 heteroatoms. The molecular formula is C19H19F2N5O3S. The normalized spacial score (nSPS) is 25.9. The largest absolute Gasteiger partial charge is 0.436 e. The van der Waals surface area contributed by atoms with Gasteiger partial charge < -0.3 is 14.9 Å². The van der Waals surface area contributed by atoms with Crippen LogP contribution in [0.3, 0.4) is 0 Å². The van der Waals surface area contributed by atoms with Gasteiger partial charge in [0.25, 0.3) is 0 Å². The molecule has 1 unspecified atom stereocenters. The predicted molar refractivity (Wildman–Crippen MR) is 106 cm³/mol. The summed E-state index contributed by atoms with van der Waals surface area (Å²) in [5.41, 5.74) is 1.12. The molecule has 8 nitrogen and oxygen atoms in total. The second kappa shape index (κ2) is 6.95. The smallest absolute Gasteiger partial charge is 0.415 e. The van der Waals surface area contributed by atoms with E-state index in [4.69, 9.17) is 4.74 Å². The number of alkyl halides is 1. The maximum absolute atomic E-state index is 13.6. The van der Waals surface area contributed by atoms with Gasteiger partial charge in [-0.1, -0.05) is 6.08 Å². The van der Waals surface area contributed by atoms with Gasteiger partial charge in [-0.25, -0.2) is 13.8 Å². The van der Waals surface area contributed by atoms with Crippen LogP contribution in [0.25, 0.3) is 5.57 Å². The fourth-order valence-electron chi connectivity index (χ4n) is 4.13. The fourth-order valence-corrected chi connectivity index (χ4v) is 5.30. The molecule has 2 atom stereocenters. The Labute approximate surface area is 174 Å². The lowest BCUT2D eigenvalue weighted by atomic mass is 10.0. The summed E-state index contributed by atoms with van der Waals surface area (Å²) in [4.78, 5) is 22.3. The number of ether oxygens (including phenoxy) is 1. The minimum atomic E-state index is -1.55. The van der Waals surface area contributed by atoms with Crippen molar-refractivity contribution in [2.24, 2.45) is 0 Å². The number of hydrogen-bond acceptors (Lipinski definition) is 7. The Hall–Kier alpha value is -2.66. The molecular weight excluding hydrogens is 416 g/mol. The van der Waals surface area contributed by atoms with Crippen LogP contribution in [0.5, 0.6) is 6.01 Å². The molecule has 0 fully saturated rings. The Bertz CT molecular complexity index is 1070. The van der Waals surface area contributed by atoms with E-state index in [-0.39, 0.29) is 18.2 Å². The van der Waals surface area contributed by atoms with E-state index in [0.717, 1.165) is 28.5 Å². The van der Waals surface area contributed by atoms with Crippen molar-refractivity contribution in [2.45, 2.75) is 44.6 Å². The Morgan fingerprint density at radius 2 is 2.30 bits per heavy atom. The van der Waals surface area contributed by atoms with Crippen LogP contribution in [0.1, 0.15) is 28.9 Å². The Morgan fingerprint density at radius 3 is 3.03 bits per heavy atom. The maximum atomic E-state index is 13.6. The molecule has 0 saturated carbocycles. The first-order valence-electron chi connectivity index (χ1n) is 9.63. The van der Waals surface area contributed by atoms with E-state index >= 15 is 0 Å². The molecule has 0 bridgehead atoms. The average Bonchev–Trinajstić information content (AvgIpc) is 3.34. The van der Waals surface area contributed by atoms with Crippen LogP contribution in [0.15, 0.2) is 24.2 Å². The van der Waals surface area contributed by atoms with Gasteiger partial charge in [0.15, 0.2) is 6.17 Å². The van der Waals surface area contributed by atoms with Gasteiger partial charge in [-0.2, -0.15) is 0 Å². The lowest BCUT2D eigenvalue weighted by Crippen LogP contribution is -2.46. The summed E-state index contributed by atoms with van der Waals surface area (Å²) in [6.07, 6.45) is 3.59. The van der Waals surface area contributed by atoms with Crippen LogP contribution in [-0.2, 0) is 19.5 Å². The summed E-state index contributed by atoms with van der Waals surface area (Å²) in [7, 11) is 0. The third kappa shape index (κ3) is 3.41. The molecule has 0 N–H and O–H groups in total. The minimum absolute atomic E-state index is 0.0384. The highest BCUT2D eigenvalue weighted by Gasteiger charge is 2.42. The average molecular weight is 435 g/mol. The van der Waals surface area contributed by atoms with Crippen molar-refractivity contribution in [3.05, 3.63) is 49.9 Å². The van der Waals surface area contributed by atoms with Crippen molar-refractivity contribution in [3.63, 3.8) is 0 Å². The van der Waals surface area contributed by atoms with Crippen molar-refractivity contribution in [3.8, 4) is 6.01 Å². The van der Waals surface area contributed by atoms with E-state index in [1.165, 1.54) is 23.6 Å². The molecule has 5 rings (SSSR count). The van der Waals surface area contributed by atoms with Gasteiger partial charge in [-0.15, -0.1) is 11.3 Å². The molecule has 0 spiro atoms. The number of hydrogen-bond donors (Lipinski definition) is 0. The Kier molecular flexibility index (Phi) is 4.47. The van der Waals surface area contributed by atoms with Crippen molar-refractivity contribution in [1.29, 1.82) is 0 Å². The number of rotatable bonds is 4. The highest BCUT2D eigenvalue weighted by molar-refractivity contribution is 7.12. The van der Waals surface area contributed by atoms with Crippen LogP contribution in [-0.4, -0.2) is 49.2 Å². The first-order valence-corrected chi connectivity index (χ1v) is 10.4. The van der Waals surface area contributed by atoms with Crippen LogP contribution >= 0.6 is 11.3 Å². The molecule has 2 aromatic heterocycles. The molecule has 0 saturated heterocycles. The number of fused-ring (bicyclic) bond motifs is 2. The number of allylic oxidation sites excluding steroid dienone is 4. The third-order valence-electron chi connectivity index (χ3n) is 5.51. The molecule has 0 amide bonds. The number of thiazole rings is 1. The molecule has 3 aliphatic rings. The van der Waals surface area contributed by atoms with Gasteiger partial charge >= 0.3 is 11.8 Å². The quantitative estimate of drug-likeness (QED) is 0.540. The van der Waals surface area contributed by atoms with Gasteiger partial charge in [-0.05, 0) is 17.9 Å². The van der Waals surface area contributed by atoms with E-state index in [2.05, 4.69) is 14.9 Å². The van der Waals surface area contributed by atoms with E-state index < -0.39 is 22.5 Å². The standard InChI is InChI=1S/C19H19F2N5O3S/c1-19(10-25-8-16(26(27)28)23-18(25)29-19)9-24-5-4-14-15(7-24)30-17(22-14)11-2-3-12(20)13(21)6-11/h2,6,8,12H,3-5,7,9-10H2,1H3/t12?,19-/m0/s1. The number of nitro groups is 1. The lowest BCUT2D eigenvalue weighted by molar-refractivity contribution is -0.389. The van der Waals surface area contributed by atoms with Gasteiger partial charge in [0.1, 0.15) is 22.6 Å². The van der Waals surface area contributed by atoms with E-state index in [1.54, 1.807) is 10.6 Å². The molecule has 30 heavy (non-hydrogen) atoms. The monoisotopic (exact) mass is 435 g/mol. The van der Waals surface area contributed by atoms with Crippen molar-refractivity contribution >= 4 is 22.7 Å². The second-order valence-corrected chi connectivity index (χ2v) is 9.14. The van der Waals surface area contributed by atoms with Gasteiger partial charge in [0.05, 0.1) is 12.2 Å². The van der Waals surface area contributed by atoms with Crippen LogP contribution in [0.4, 0.5) is 14.6 Å². The Morgan fingerprint density at radius 1 is 1.47 bits per heavy atom. The third-order valence-corrected chi connectivity index (χ3v) is 6.64. The molecule has 1 aliphatic carbocycles. The SMILES string of the molecule is C[C@]1(CN2CCc3nc(C4=CCC(F)C(F)=C4)sc3C2)Cn2cc([N+](=O)[O-])nc2O1. The molecule has 0 radical (unpaired) electrons. The van der Waals surface area contributed by atoms with Crippen LogP contribution < -0.4 is 4.74 Å². The fraction of sp³-hybridized carbons (Fsp3) is 0.474. The van der Waals surface area contributed by atoms with Crippen molar-refractivity contribution in [1.82, 2.24) is 19.4 Å². The first kappa shape index (κ1) is 19.3. The van der Waals surface area contributed by atoms with E-state index in [1.807, 2.05) is 6.92 Å². The minimum Gasteiger partial charge on any atom is -0.436 e. The van der Waals surface area contributed by atoms with Crippen LogP contribution in [0.2, 0.25) is 0 Å². The summed E-state index contributed by atoms with van der Waals surface area (Å²) in [5.74, 6) is -0.959. The van der Waals surface area contributed by atoms with Gasteiger partial charge in [0.2, 0.25) is 0 Å². The Balaban J connectivity index is 1.27. The zero-order chi connectivity index (χ0) is 21.0. The summed E-state index contributed by atoms with van der Waals surface area (Å²) in [5, 5.41) is 11.6. The molecule has 2 aromatic rings. The van der Waals surface area contributed by atoms with Gasteiger partial charge in [0, 0.05) is 47.9 Å². The second-order valence-electron chi connectivity index (χ2n) is 8.06. The maximum Gasteiger partial charge on any atom is 0.415 e. The molecule has 4 heterocycles. The molecule has 2 aliphatic heterocycles. The topological polar surface area (TPSA) is 86.3 Å². The van der Waals surface area contributed by atoms with Crippen LogP contribution in [0, 0.1) is 10.1 Å².